The van der Waals surface area contributed by atoms with E-state index in [1.807, 2.05) is 24.3 Å². The average molecular weight is 325 g/mol. The van der Waals surface area contributed by atoms with E-state index in [-0.39, 0.29) is 5.91 Å². The van der Waals surface area contributed by atoms with Crippen LogP contribution in [0.4, 0.5) is 0 Å². The molecule has 1 aromatic carbocycles. The maximum absolute atomic E-state index is 11.8. The molecular formula is C15H21BrN2O. The molecule has 1 heterocycles. The van der Waals surface area contributed by atoms with Crippen molar-refractivity contribution >= 4 is 21.8 Å². The lowest BCUT2D eigenvalue weighted by Gasteiger charge is -2.23. The van der Waals surface area contributed by atoms with Gasteiger partial charge in [0, 0.05) is 23.5 Å². The third kappa shape index (κ3) is 5.33. The summed E-state index contributed by atoms with van der Waals surface area (Å²) < 4.78 is 1.06. The maximum Gasteiger partial charge on any atom is 0.220 e. The number of halogens is 1. The minimum absolute atomic E-state index is 0.148. The molecular weight excluding hydrogens is 304 g/mol. The number of carbonyl (C=O) groups excluding carboxylic acids is 1. The number of piperidine rings is 1. The van der Waals surface area contributed by atoms with Crippen LogP contribution >= 0.6 is 15.9 Å². The van der Waals surface area contributed by atoms with E-state index < -0.39 is 0 Å². The van der Waals surface area contributed by atoms with E-state index in [0.29, 0.717) is 19.0 Å². The number of amides is 1. The van der Waals surface area contributed by atoms with Crippen LogP contribution in [0.3, 0.4) is 0 Å². The first-order chi connectivity index (χ1) is 9.24. The Bertz CT molecular complexity index is 399. The molecule has 0 aromatic heterocycles. The van der Waals surface area contributed by atoms with Crippen molar-refractivity contribution in [1.82, 2.24) is 10.6 Å². The normalized spacial score (nSPS) is 19.1. The summed E-state index contributed by atoms with van der Waals surface area (Å²) in [5.41, 5.74) is 1.13. The van der Waals surface area contributed by atoms with Crippen LogP contribution in [0.1, 0.15) is 37.7 Å². The van der Waals surface area contributed by atoms with Gasteiger partial charge < -0.3 is 10.6 Å². The Balaban J connectivity index is 1.65. The van der Waals surface area contributed by atoms with Crippen molar-refractivity contribution in [2.24, 2.45) is 0 Å². The summed E-state index contributed by atoms with van der Waals surface area (Å²) in [7, 11) is 0. The summed E-state index contributed by atoms with van der Waals surface area (Å²) in [5, 5.41) is 6.45. The van der Waals surface area contributed by atoms with Crippen molar-refractivity contribution in [3.63, 3.8) is 0 Å². The van der Waals surface area contributed by atoms with E-state index in [0.717, 1.165) is 23.0 Å². The highest BCUT2D eigenvalue weighted by Gasteiger charge is 2.13. The van der Waals surface area contributed by atoms with Crippen molar-refractivity contribution < 1.29 is 4.79 Å². The number of hydrogen-bond donors (Lipinski definition) is 2. The fourth-order valence-corrected chi connectivity index (χ4v) is 2.63. The van der Waals surface area contributed by atoms with Crippen LogP contribution in [-0.2, 0) is 11.3 Å². The zero-order chi connectivity index (χ0) is 13.5. The van der Waals surface area contributed by atoms with Crippen LogP contribution in [0.15, 0.2) is 28.7 Å². The Labute approximate surface area is 123 Å². The lowest BCUT2D eigenvalue weighted by Crippen LogP contribution is -2.35. The van der Waals surface area contributed by atoms with Gasteiger partial charge in [0.05, 0.1) is 0 Å². The second kappa shape index (κ2) is 7.65. The molecule has 0 aliphatic carbocycles. The molecule has 0 saturated carbocycles. The van der Waals surface area contributed by atoms with Crippen LogP contribution in [-0.4, -0.2) is 18.5 Å². The maximum atomic E-state index is 11.8. The molecule has 1 amide bonds. The monoisotopic (exact) mass is 324 g/mol. The van der Waals surface area contributed by atoms with Gasteiger partial charge in [0.1, 0.15) is 0 Å². The Kier molecular flexibility index (Phi) is 5.86. The van der Waals surface area contributed by atoms with Gasteiger partial charge in [-0.2, -0.15) is 0 Å². The Morgan fingerprint density at radius 2 is 2.11 bits per heavy atom. The minimum Gasteiger partial charge on any atom is -0.352 e. The molecule has 0 spiro atoms. The van der Waals surface area contributed by atoms with Gasteiger partial charge in [-0.05, 0) is 43.5 Å². The van der Waals surface area contributed by atoms with Gasteiger partial charge in [-0.25, -0.2) is 0 Å². The van der Waals surface area contributed by atoms with Crippen LogP contribution in [0.25, 0.3) is 0 Å². The van der Waals surface area contributed by atoms with E-state index >= 15 is 0 Å². The highest BCUT2D eigenvalue weighted by Crippen LogP contribution is 2.12. The molecule has 2 N–H and O–H groups in total. The highest BCUT2D eigenvalue weighted by atomic mass is 79.9. The summed E-state index contributed by atoms with van der Waals surface area (Å²) >= 11 is 3.40. The first-order valence-electron chi connectivity index (χ1n) is 6.98. The van der Waals surface area contributed by atoms with Crippen molar-refractivity contribution in [3.8, 4) is 0 Å². The van der Waals surface area contributed by atoms with E-state index in [9.17, 15) is 4.79 Å². The van der Waals surface area contributed by atoms with Crippen molar-refractivity contribution in [2.45, 2.75) is 44.7 Å². The first kappa shape index (κ1) is 14.5. The molecule has 1 aliphatic heterocycles. The van der Waals surface area contributed by atoms with Crippen LogP contribution in [0, 0.1) is 0 Å². The standard InChI is InChI=1S/C15H21BrN2O/c16-13-6-4-12(5-7-13)11-18-15(19)9-8-14-3-1-2-10-17-14/h4-7,14,17H,1-3,8-11H2,(H,18,19). The van der Waals surface area contributed by atoms with Crippen LogP contribution < -0.4 is 10.6 Å². The lowest BCUT2D eigenvalue weighted by molar-refractivity contribution is -0.121. The largest absolute Gasteiger partial charge is 0.352 e. The Hall–Kier alpha value is -0.870. The summed E-state index contributed by atoms with van der Waals surface area (Å²) in [6, 6.07) is 8.56. The molecule has 1 atom stereocenters. The van der Waals surface area contributed by atoms with Crippen molar-refractivity contribution in [3.05, 3.63) is 34.3 Å². The summed E-state index contributed by atoms with van der Waals surface area (Å²) in [5.74, 6) is 0.148. The van der Waals surface area contributed by atoms with Gasteiger partial charge in [-0.3, -0.25) is 4.79 Å². The zero-order valence-corrected chi connectivity index (χ0v) is 12.7. The number of hydrogen-bond acceptors (Lipinski definition) is 2. The third-order valence-electron chi connectivity index (χ3n) is 3.54. The van der Waals surface area contributed by atoms with Crippen LogP contribution in [0.2, 0.25) is 0 Å². The minimum atomic E-state index is 0.148. The Morgan fingerprint density at radius 1 is 1.32 bits per heavy atom. The topological polar surface area (TPSA) is 41.1 Å². The molecule has 3 nitrogen and oxygen atoms in total. The van der Waals surface area contributed by atoms with E-state index in [4.69, 9.17) is 0 Å². The smallest absolute Gasteiger partial charge is 0.220 e. The third-order valence-corrected chi connectivity index (χ3v) is 4.06. The fraction of sp³-hybridized carbons (Fsp3) is 0.533. The summed E-state index contributed by atoms with van der Waals surface area (Å²) in [4.78, 5) is 11.8. The fourth-order valence-electron chi connectivity index (χ4n) is 2.37. The number of rotatable bonds is 5. The van der Waals surface area contributed by atoms with Gasteiger partial charge >= 0.3 is 0 Å². The second-order valence-electron chi connectivity index (χ2n) is 5.09. The molecule has 19 heavy (non-hydrogen) atoms. The van der Waals surface area contributed by atoms with Gasteiger partial charge in [-0.15, -0.1) is 0 Å². The summed E-state index contributed by atoms with van der Waals surface area (Å²) in [6.07, 6.45) is 5.34. The molecule has 1 saturated heterocycles. The average Bonchev–Trinajstić information content (AvgIpc) is 2.45. The molecule has 0 radical (unpaired) electrons. The molecule has 1 aliphatic rings. The molecule has 1 fully saturated rings. The Morgan fingerprint density at radius 3 is 2.79 bits per heavy atom. The molecule has 4 heteroatoms. The molecule has 1 unspecified atom stereocenters. The predicted octanol–water partition coefficient (Wildman–Crippen LogP) is 2.99. The highest BCUT2D eigenvalue weighted by molar-refractivity contribution is 9.10. The second-order valence-corrected chi connectivity index (χ2v) is 6.00. The summed E-state index contributed by atoms with van der Waals surface area (Å²) in [6.45, 7) is 1.72. The quantitative estimate of drug-likeness (QED) is 0.874. The van der Waals surface area contributed by atoms with E-state index in [2.05, 4.69) is 26.6 Å². The van der Waals surface area contributed by atoms with Gasteiger partial charge in [0.15, 0.2) is 0 Å². The molecule has 1 aromatic rings. The number of carbonyl (C=O) groups is 1. The number of nitrogens with one attached hydrogen (secondary N) is 2. The first-order valence-corrected chi connectivity index (χ1v) is 7.78. The van der Waals surface area contributed by atoms with E-state index in [1.165, 1.54) is 19.3 Å². The van der Waals surface area contributed by atoms with Gasteiger partial charge in [-0.1, -0.05) is 34.5 Å². The molecule has 104 valence electrons. The molecule has 2 rings (SSSR count). The van der Waals surface area contributed by atoms with Crippen molar-refractivity contribution in [1.29, 1.82) is 0 Å². The van der Waals surface area contributed by atoms with Gasteiger partial charge in [0.25, 0.3) is 0 Å². The lowest BCUT2D eigenvalue weighted by atomic mass is 10.0. The number of benzene rings is 1. The zero-order valence-electron chi connectivity index (χ0n) is 11.1. The SMILES string of the molecule is O=C(CCC1CCCCN1)NCc1ccc(Br)cc1. The van der Waals surface area contributed by atoms with E-state index in [1.54, 1.807) is 0 Å². The van der Waals surface area contributed by atoms with Crippen LogP contribution in [0.5, 0.6) is 0 Å². The van der Waals surface area contributed by atoms with Gasteiger partial charge in [0.2, 0.25) is 5.91 Å². The predicted molar refractivity (Wildman–Crippen MR) is 80.9 cm³/mol. The van der Waals surface area contributed by atoms with Crippen molar-refractivity contribution in [2.75, 3.05) is 6.54 Å². The molecule has 0 bridgehead atoms.